The van der Waals surface area contributed by atoms with Crippen LogP contribution in [0.3, 0.4) is 0 Å². The molecule has 1 amide bonds. The average Bonchev–Trinajstić information content (AvgIpc) is 3.48. The van der Waals surface area contributed by atoms with Crippen LogP contribution in [0, 0.1) is 0 Å². The van der Waals surface area contributed by atoms with Gasteiger partial charge in [0.05, 0.1) is 45.3 Å². The molecule has 0 spiro atoms. The molecule has 2 aromatic rings. The molecule has 9 nitrogen and oxygen atoms in total. The van der Waals surface area contributed by atoms with Crippen molar-refractivity contribution in [2.45, 2.75) is 6.04 Å². The lowest BCUT2D eigenvalue weighted by atomic mass is 9.94. The number of hydrogen-bond acceptors (Lipinski definition) is 8. The third kappa shape index (κ3) is 4.71. The van der Waals surface area contributed by atoms with Crippen LogP contribution in [0.5, 0.6) is 11.5 Å². The van der Waals surface area contributed by atoms with Gasteiger partial charge in [-0.05, 0) is 30.4 Å². The van der Waals surface area contributed by atoms with Crippen LogP contribution in [-0.4, -0.2) is 80.2 Å². The van der Waals surface area contributed by atoms with Crippen molar-refractivity contribution < 1.29 is 33.3 Å². The van der Waals surface area contributed by atoms with E-state index in [1.54, 1.807) is 30.3 Å². The van der Waals surface area contributed by atoms with Crippen LogP contribution in [0.2, 0.25) is 0 Å². The van der Waals surface area contributed by atoms with Crippen molar-refractivity contribution in [2.24, 2.45) is 0 Å². The molecule has 1 saturated heterocycles. The molecular weight excluding hydrogens is 440 g/mol. The van der Waals surface area contributed by atoms with Crippen LogP contribution < -0.4 is 9.47 Å². The molecule has 3 heterocycles. The molecule has 1 aromatic heterocycles. The van der Waals surface area contributed by atoms with Crippen molar-refractivity contribution in [3.05, 3.63) is 65.3 Å². The molecule has 0 radical (unpaired) electrons. The molecular formula is C25H28N2O7. The molecule has 2 aliphatic heterocycles. The highest BCUT2D eigenvalue weighted by Crippen LogP contribution is 2.44. The number of carbonyl (C=O) groups is 2. The number of rotatable bonds is 9. The SMILES string of the molecule is COc1cccc(C2C(C(=O)C=Cc3ccco3)=C(O)C(=O)N2CCN2CCOCC2)c1OC. The highest BCUT2D eigenvalue weighted by molar-refractivity contribution is 6.14. The summed E-state index contributed by atoms with van der Waals surface area (Å²) in [6, 6.07) is 7.83. The molecule has 0 bridgehead atoms. The largest absolute Gasteiger partial charge is 0.503 e. The number of nitrogens with zero attached hydrogens (tertiary/aromatic N) is 2. The Bertz CT molecular complexity index is 1080. The second-order valence-corrected chi connectivity index (χ2v) is 7.91. The monoisotopic (exact) mass is 468 g/mol. The summed E-state index contributed by atoms with van der Waals surface area (Å²) in [5.41, 5.74) is 0.539. The molecule has 9 heteroatoms. The molecule has 2 aliphatic rings. The molecule has 1 atom stereocenters. The van der Waals surface area contributed by atoms with Gasteiger partial charge in [-0.3, -0.25) is 14.5 Å². The van der Waals surface area contributed by atoms with Crippen molar-refractivity contribution in [1.29, 1.82) is 0 Å². The van der Waals surface area contributed by atoms with E-state index in [0.717, 1.165) is 13.1 Å². The lowest BCUT2D eigenvalue weighted by Crippen LogP contribution is -2.43. The normalized spacial score (nSPS) is 19.3. The third-order valence-corrected chi connectivity index (χ3v) is 6.00. The summed E-state index contributed by atoms with van der Waals surface area (Å²) >= 11 is 0. The minimum Gasteiger partial charge on any atom is -0.503 e. The second-order valence-electron chi connectivity index (χ2n) is 7.91. The topological polar surface area (TPSA) is 102 Å². The predicted molar refractivity (Wildman–Crippen MR) is 124 cm³/mol. The van der Waals surface area contributed by atoms with Crippen LogP contribution in [0.25, 0.3) is 6.08 Å². The van der Waals surface area contributed by atoms with E-state index in [-0.39, 0.29) is 5.57 Å². The summed E-state index contributed by atoms with van der Waals surface area (Å²) in [5, 5.41) is 10.8. The van der Waals surface area contributed by atoms with E-state index >= 15 is 0 Å². The number of carbonyl (C=O) groups excluding carboxylic acids is 2. The summed E-state index contributed by atoms with van der Waals surface area (Å²) in [6.45, 7) is 3.66. The Labute approximate surface area is 197 Å². The quantitative estimate of drug-likeness (QED) is 0.561. The number of ketones is 1. The van der Waals surface area contributed by atoms with Crippen LogP contribution in [0.1, 0.15) is 17.4 Å². The molecule has 180 valence electrons. The molecule has 0 saturated carbocycles. The van der Waals surface area contributed by atoms with Gasteiger partial charge in [-0.2, -0.15) is 0 Å². The minimum absolute atomic E-state index is 0.0127. The summed E-state index contributed by atoms with van der Waals surface area (Å²) in [5.74, 6) is -0.314. The first kappa shape index (κ1) is 23.6. The third-order valence-electron chi connectivity index (χ3n) is 6.00. The summed E-state index contributed by atoms with van der Waals surface area (Å²) in [7, 11) is 3.02. The zero-order valence-corrected chi connectivity index (χ0v) is 19.2. The second kappa shape index (κ2) is 10.6. The van der Waals surface area contributed by atoms with E-state index in [1.165, 1.54) is 37.5 Å². The maximum Gasteiger partial charge on any atom is 0.290 e. The summed E-state index contributed by atoms with van der Waals surface area (Å²) in [4.78, 5) is 30.1. The van der Waals surface area contributed by atoms with E-state index in [2.05, 4.69) is 4.90 Å². The maximum absolute atomic E-state index is 13.3. The molecule has 4 rings (SSSR count). The van der Waals surface area contributed by atoms with E-state index in [4.69, 9.17) is 18.6 Å². The van der Waals surface area contributed by atoms with Gasteiger partial charge in [0.1, 0.15) is 5.76 Å². The zero-order chi connectivity index (χ0) is 24.1. The summed E-state index contributed by atoms with van der Waals surface area (Å²) in [6.07, 6.45) is 4.30. The van der Waals surface area contributed by atoms with E-state index in [1.807, 2.05) is 0 Å². The number of morpholine rings is 1. The van der Waals surface area contributed by atoms with Crippen LogP contribution in [0.15, 0.2) is 58.4 Å². The van der Waals surface area contributed by atoms with E-state index in [9.17, 15) is 14.7 Å². The standard InChI is InChI=1S/C25H28N2O7/c1-31-20-7-3-6-18(24(20)32-2)22-21(19(28)9-8-17-5-4-14-34-17)23(29)25(30)27(22)11-10-26-12-15-33-16-13-26/h3-9,14,22,29H,10-13,15-16H2,1-2H3. The number of ether oxygens (including phenoxy) is 3. The van der Waals surface area contributed by atoms with Gasteiger partial charge in [0.2, 0.25) is 0 Å². The van der Waals surface area contributed by atoms with Gasteiger partial charge in [0, 0.05) is 31.7 Å². The Balaban J connectivity index is 1.71. The van der Waals surface area contributed by atoms with Gasteiger partial charge in [0.25, 0.3) is 5.91 Å². The number of aliphatic hydroxyl groups excluding tert-OH is 1. The van der Waals surface area contributed by atoms with Gasteiger partial charge in [0.15, 0.2) is 23.0 Å². The number of amides is 1. The fourth-order valence-electron chi connectivity index (χ4n) is 4.29. The lowest BCUT2D eigenvalue weighted by molar-refractivity contribution is -0.129. The van der Waals surface area contributed by atoms with Gasteiger partial charge in [-0.1, -0.05) is 12.1 Å². The molecule has 34 heavy (non-hydrogen) atoms. The first-order valence-corrected chi connectivity index (χ1v) is 11.1. The van der Waals surface area contributed by atoms with Crippen molar-refractivity contribution >= 4 is 17.8 Å². The van der Waals surface area contributed by atoms with Gasteiger partial charge < -0.3 is 28.6 Å². The Hall–Kier alpha value is -3.56. The van der Waals surface area contributed by atoms with Gasteiger partial charge in [-0.15, -0.1) is 0 Å². The number of hydrogen-bond donors (Lipinski definition) is 1. The number of para-hydroxylation sites is 1. The number of methoxy groups -OCH3 is 2. The van der Waals surface area contributed by atoms with Crippen molar-refractivity contribution in [3.8, 4) is 11.5 Å². The van der Waals surface area contributed by atoms with Crippen molar-refractivity contribution in [2.75, 3.05) is 53.6 Å². The molecule has 1 fully saturated rings. The number of benzene rings is 1. The first-order chi connectivity index (χ1) is 16.5. The van der Waals surface area contributed by atoms with Gasteiger partial charge >= 0.3 is 0 Å². The first-order valence-electron chi connectivity index (χ1n) is 11.1. The van der Waals surface area contributed by atoms with Crippen molar-refractivity contribution in [1.82, 2.24) is 9.80 Å². The molecule has 1 aromatic carbocycles. The fourth-order valence-corrected chi connectivity index (χ4v) is 4.29. The zero-order valence-electron chi connectivity index (χ0n) is 19.2. The smallest absolute Gasteiger partial charge is 0.290 e. The molecule has 0 aliphatic carbocycles. The molecule has 1 unspecified atom stereocenters. The molecule has 1 N–H and O–H groups in total. The Morgan fingerprint density at radius 2 is 1.94 bits per heavy atom. The Kier molecular flexibility index (Phi) is 7.34. The Morgan fingerprint density at radius 3 is 2.62 bits per heavy atom. The number of aliphatic hydroxyl groups is 1. The minimum atomic E-state index is -0.840. The van der Waals surface area contributed by atoms with Crippen molar-refractivity contribution in [3.63, 3.8) is 0 Å². The summed E-state index contributed by atoms with van der Waals surface area (Å²) < 4.78 is 21.7. The highest BCUT2D eigenvalue weighted by atomic mass is 16.5. The van der Waals surface area contributed by atoms with Crippen LogP contribution >= 0.6 is 0 Å². The van der Waals surface area contributed by atoms with Crippen LogP contribution in [-0.2, 0) is 14.3 Å². The highest BCUT2D eigenvalue weighted by Gasteiger charge is 2.44. The van der Waals surface area contributed by atoms with E-state index in [0.29, 0.717) is 49.1 Å². The number of furan rings is 1. The van der Waals surface area contributed by atoms with Gasteiger partial charge in [-0.25, -0.2) is 0 Å². The lowest BCUT2D eigenvalue weighted by Gasteiger charge is -2.32. The predicted octanol–water partition coefficient (Wildman–Crippen LogP) is 2.61. The van der Waals surface area contributed by atoms with Crippen LogP contribution in [0.4, 0.5) is 0 Å². The fraction of sp³-hybridized carbons (Fsp3) is 0.360. The van der Waals surface area contributed by atoms with E-state index < -0.39 is 23.5 Å². The Morgan fingerprint density at radius 1 is 1.15 bits per heavy atom. The number of allylic oxidation sites excluding steroid dienone is 1. The average molecular weight is 469 g/mol. The maximum atomic E-state index is 13.3.